The van der Waals surface area contributed by atoms with Crippen LogP contribution < -0.4 is 10.1 Å². The molecule has 1 N–H and O–H groups in total. The Labute approximate surface area is 161 Å². The van der Waals surface area contributed by atoms with E-state index in [1.807, 2.05) is 54.1 Å². The smallest absolute Gasteiger partial charge is 0.248 e. The first-order valence-electron chi connectivity index (χ1n) is 8.54. The van der Waals surface area contributed by atoms with Crippen molar-refractivity contribution in [2.75, 3.05) is 11.9 Å². The molecule has 1 aliphatic rings. The van der Waals surface area contributed by atoms with Crippen LogP contribution in [0.4, 0.5) is 5.69 Å². The summed E-state index contributed by atoms with van der Waals surface area (Å²) in [6, 6.07) is 13.6. The van der Waals surface area contributed by atoms with Crippen LogP contribution in [0, 0.1) is 0 Å². The molecule has 7 heteroatoms. The van der Waals surface area contributed by atoms with Gasteiger partial charge < -0.3 is 14.6 Å². The monoisotopic (exact) mass is 378 g/mol. The number of hydrogen-bond acceptors (Lipinski definition) is 5. The maximum atomic E-state index is 12.2. The number of carbonyl (C=O) groups is 1. The molecule has 0 aliphatic carbocycles. The molecule has 2 heterocycles. The lowest BCUT2D eigenvalue weighted by atomic mass is 10.1. The number of fused-ring (bicyclic) bond motifs is 1. The number of ether oxygens (including phenoxy) is 1. The molecule has 0 saturated carbocycles. The van der Waals surface area contributed by atoms with Gasteiger partial charge in [0.2, 0.25) is 5.91 Å². The van der Waals surface area contributed by atoms with E-state index in [9.17, 15) is 4.79 Å². The zero-order valence-electron chi connectivity index (χ0n) is 14.8. The number of rotatable bonds is 5. The van der Waals surface area contributed by atoms with Crippen LogP contribution >= 0.6 is 11.8 Å². The summed E-state index contributed by atoms with van der Waals surface area (Å²) in [7, 11) is 1.90. The van der Waals surface area contributed by atoms with Gasteiger partial charge in [-0.25, -0.2) is 0 Å². The second-order valence-corrected chi connectivity index (χ2v) is 7.18. The van der Waals surface area contributed by atoms with Gasteiger partial charge in [0, 0.05) is 30.1 Å². The number of anilines is 1. The molecule has 1 amide bonds. The van der Waals surface area contributed by atoms with Crippen molar-refractivity contribution in [3.8, 4) is 5.75 Å². The topological polar surface area (TPSA) is 69.0 Å². The summed E-state index contributed by atoms with van der Waals surface area (Å²) in [6.07, 6.45) is 5.94. The van der Waals surface area contributed by atoms with Crippen molar-refractivity contribution in [1.29, 1.82) is 0 Å². The fourth-order valence-electron chi connectivity index (χ4n) is 2.74. The van der Waals surface area contributed by atoms with Crippen LogP contribution in [0.15, 0.2) is 64.9 Å². The first kappa shape index (κ1) is 17.4. The van der Waals surface area contributed by atoms with Gasteiger partial charge in [-0.2, -0.15) is 0 Å². The molecule has 0 fully saturated rings. The third-order valence-corrected chi connectivity index (χ3v) is 5.20. The summed E-state index contributed by atoms with van der Waals surface area (Å²) in [4.78, 5) is 13.2. The molecule has 27 heavy (non-hydrogen) atoms. The van der Waals surface area contributed by atoms with E-state index in [0.29, 0.717) is 0 Å². The van der Waals surface area contributed by atoms with Crippen molar-refractivity contribution in [3.05, 3.63) is 66.0 Å². The number of hydrogen-bond donors (Lipinski definition) is 1. The van der Waals surface area contributed by atoms with Crippen LogP contribution in [0.25, 0.3) is 6.08 Å². The number of aryl methyl sites for hydroxylation is 1. The van der Waals surface area contributed by atoms with Crippen LogP contribution in [-0.2, 0) is 18.3 Å². The molecular weight excluding hydrogens is 360 g/mol. The van der Waals surface area contributed by atoms with Crippen molar-refractivity contribution in [3.63, 3.8) is 0 Å². The largest absolute Gasteiger partial charge is 0.493 e. The van der Waals surface area contributed by atoms with E-state index in [-0.39, 0.29) is 5.91 Å². The van der Waals surface area contributed by atoms with E-state index in [0.717, 1.165) is 40.1 Å². The molecule has 4 rings (SSSR count). The molecule has 1 aromatic heterocycles. The molecule has 0 radical (unpaired) electrons. The molecule has 1 aliphatic heterocycles. The van der Waals surface area contributed by atoms with E-state index in [4.69, 9.17) is 4.74 Å². The van der Waals surface area contributed by atoms with Gasteiger partial charge in [0.25, 0.3) is 0 Å². The van der Waals surface area contributed by atoms with Crippen molar-refractivity contribution in [2.45, 2.75) is 16.5 Å². The number of benzene rings is 2. The Kier molecular flexibility index (Phi) is 4.93. The second-order valence-electron chi connectivity index (χ2n) is 6.14. The first-order chi connectivity index (χ1) is 13.2. The van der Waals surface area contributed by atoms with E-state index in [1.165, 1.54) is 17.3 Å². The Hall–Kier alpha value is -3.06. The Morgan fingerprint density at radius 3 is 2.89 bits per heavy atom. The zero-order valence-corrected chi connectivity index (χ0v) is 15.6. The Bertz CT molecular complexity index is 995. The van der Waals surface area contributed by atoms with E-state index in [2.05, 4.69) is 21.6 Å². The summed E-state index contributed by atoms with van der Waals surface area (Å²) in [5, 5.41) is 11.6. The molecule has 0 spiro atoms. The van der Waals surface area contributed by atoms with E-state index >= 15 is 0 Å². The van der Waals surface area contributed by atoms with E-state index in [1.54, 1.807) is 12.4 Å². The summed E-state index contributed by atoms with van der Waals surface area (Å²) >= 11 is 1.52. The summed E-state index contributed by atoms with van der Waals surface area (Å²) in [6.45, 7) is 0.730. The minimum Gasteiger partial charge on any atom is -0.493 e. The third-order valence-electron chi connectivity index (χ3n) is 4.14. The van der Waals surface area contributed by atoms with Gasteiger partial charge >= 0.3 is 0 Å². The predicted molar refractivity (Wildman–Crippen MR) is 105 cm³/mol. The summed E-state index contributed by atoms with van der Waals surface area (Å²) < 4.78 is 7.35. The van der Waals surface area contributed by atoms with Crippen LogP contribution in [0.2, 0.25) is 0 Å². The van der Waals surface area contributed by atoms with Gasteiger partial charge in [-0.3, -0.25) is 4.79 Å². The zero-order chi connectivity index (χ0) is 18.6. The lowest BCUT2D eigenvalue weighted by molar-refractivity contribution is -0.111. The molecule has 0 unspecified atom stereocenters. The number of aromatic nitrogens is 3. The molecule has 2 aromatic carbocycles. The van der Waals surface area contributed by atoms with Crippen molar-refractivity contribution in [2.24, 2.45) is 7.05 Å². The van der Waals surface area contributed by atoms with Gasteiger partial charge in [0.1, 0.15) is 12.1 Å². The number of nitrogens with zero attached hydrogens (tertiary/aromatic N) is 3. The lowest BCUT2D eigenvalue weighted by Gasteiger charge is -2.04. The van der Waals surface area contributed by atoms with Gasteiger partial charge in [-0.05, 0) is 65.4 Å². The highest BCUT2D eigenvalue weighted by Gasteiger charge is 2.11. The highest BCUT2D eigenvalue weighted by molar-refractivity contribution is 7.99. The average Bonchev–Trinajstić information content (AvgIpc) is 3.30. The molecule has 0 bridgehead atoms. The Morgan fingerprint density at radius 2 is 2.11 bits per heavy atom. The number of carbonyl (C=O) groups excluding carboxylic acids is 1. The summed E-state index contributed by atoms with van der Waals surface area (Å²) in [5.41, 5.74) is 2.92. The van der Waals surface area contributed by atoms with Crippen LogP contribution in [0.5, 0.6) is 5.75 Å². The third kappa shape index (κ3) is 4.20. The SMILES string of the molecule is Cn1cnnc1Sc1ccc(NC(=O)/C=C/c2ccc3c(c2)CCO3)cc1. The Morgan fingerprint density at radius 1 is 1.26 bits per heavy atom. The molecule has 3 aromatic rings. The van der Waals surface area contributed by atoms with Crippen LogP contribution in [-0.4, -0.2) is 27.3 Å². The van der Waals surface area contributed by atoms with Crippen LogP contribution in [0.1, 0.15) is 11.1 Å². The van der Waals surface area contributed by atoms with Gasteiger partial charge in [-0.1, -0.05) is 6.07 Å². The van der Waals surface area contributed by atoms with Crippen LogP contribution in [0.3, 0.4) is 0 Å². The highest BCUT2D eigenvalue weighted by atomic mass is 32.2. The minimum atomic E-state index is -0.166. The second kappa shape index (κ2) is 7.67. The van der Waals surface area contributed by atoms with Gasteiger partial charge in [0.05, 0.1) is 6.61 Å². The standard InChI is InChI=1S/C20H18N4O2S/c1-24-13-21-23-20(24)27-17-6-4-16(5-7-17)22-19(25)9-3-14-2-8-18-15(12-14)10-11-26-18/h2-9,12-13H,10-11H2,1H3,(H,22,25)/b9-3+. The fraction of sp³-hybridized carbons (Fsp3) is 0.150. The normalized spacial score (nSPS) is 12.8. The van der Waals surface area contributed by atoms with Gasteiger partial charge in [0.15, 0.2) is 5.16 Å². The maximum absolute atomic E-state index is 12.2. The average molecular weight is 378 g/mol. The Balaban J connectivity index is 1.36. The number of amides is 1. The summed E-state index contributed by atoms with van der Waals surface area (Å²) in [5.74, 6) is 0.774. The maximum Gasteiger partial charge on any atom is 0.248 e. The fourth-order valence-corrected chi connectivity index (χ4v) is 3.50. The lowest BCUT2D eigenvalue weighted by Crippen LogP contribution is -2.07. The van der Waals surface area contributed by atoms with Crippen molar-refractivity contribution >= 4 is 29.4 Å². The van der Waals surface area contributed by atoms with Crippen molar-refractivity contribution in [1.82, 2.24) is 14.8 Å². The number of nitrogens with one attached hydrogen (secondary N) is 1. The molecule has 136 valence electrons. The molecular formula is C20H18N4O2S. The highest BCUT2D eigenvalue weighted by Crippen LogP contribution is 2.27. The van der Waals surface area contributed by atoms with Crippen molar-refractivity contribution < 1.29 is 9.53 Å². The van der Waals surface area contributed by atoms with E-state index < -0.39 is 0 Å². The molecule has 0 saturated heterocycles. The molecule has 0 atom stereocenters. The predicted octanol–water partition coefficient (Wildman–Crippen LogP) is 3.55. The first-order valence-corrected chi connectivity index (χ1v) is 9.36. The molecule has 6 nitrogen and oxygen atoms in total. The minimum absolute atomic E-state index is 0.166. The van der Waals surface area contributed by atoms with Gasteiger partial charge in [-0.15, -0.1) is 10.2 Å². The quantitative estimate of drug-likeness (QED) is 0.688.